The Morgan fingerprint density at radius 3 is 2.67 bits per heavy atom. The minimum atomic E-state index is -3.67. The van der Waals surface area contributed by atoms with Gasteiger partial charge in [-0.05, 0) is 37.9 Å². The van der Waals surface area contributed by atoms with E-state index in [9.17, 15) is 13.2 Å². The maximum Gasteiger partial charge on any atom is 0.349 e. The number of likely N-dealkylation sites (N-methyl/N-ethyl adjacent to an activating group) is 1. The Hall–Kier alpha value is -0.960. The molecule has 0 aliphatic carbocycles. The van der Waals surface area contributed by atoms with Crippen molar-refractivity contribution in [1.29, 1.82) is 0 Å². The van der Waals surface area contributed by atoms with Crippen LogP contribution in [0.4, 0.5) is 0 Å². The van der Waals surface area contributed by atoms with Gasteiger partial charge in [0, 0.05) is 19.6 Å². The Balaban J connectivity index is 2.40. The second-order valence-electron chi connectivity index (χ2n) is 5.13. The number of nitrogens with zero attached hydrogens (tertiary/aromatic N) is 2. The van der Waals surface area contributed by atoms with Crippen molar-refractivity contribution in [2.75, 3.05) is 40.3 Å². The fourth-order valence-corrected chi connectivity index (χ4v) is 5.51. The summed E-state index contributed by atoms with van der Waals surface area (Å²) >= 11 is 1.11. The van der Waals surface area contributed by atoms with Gasteiger partial charge < -0.3 is 9.64 Å². The van der Waals surface area contributed by atoms with Crippen molar-refractivity contribution in [3.63, 3.8) is 0 Å². The third kappa shape index (κ3) is 3.28. The van der Waals surface area contributed by atoms with E-state index in [-0.39, 0.29) is 9.77 Å². The number of esters is 1. The average Bonchev–Trinajstić information content (AvgIpc) is 2.69. The van der Waals surface area contributed by atoms with E-state index in [2.05, 4.69) is 4.90 Å². The van der Waals surface area contributed by atoms with Crippen molar-refractivity contribution in [2.24, 2.45) is 0 Å². The van der Waals surface area contributed by atoms with Gasteiger partial charge in [-0.15, -0.1) is 11.3 Å². The SMILES string of the molecule is COC(=O)c1scc(C)c1S(=O)(=O)N1CCCN(C)CC1. The molecule has 118 valence electrons. The first-order valence-corrected chi connectivity index (χ1v) is 9.05. The van der Waals surface area contributed by atoms with E-state index in [0.29, 0.717) is 25.2 Å². The molecule has 8 heteroatoms. The molecular formula is C13H20N2O4S2. The summed E-state index contributed by atoms with van der Waals surface area (Å²) in [4.78, 5) is 14.2. The molecule has 2 rings (SSSR count). The maximum atomic E-state index is 12.9. The van der Waals surface area contributed by atoms with E-state index in [1.165, 1.54) is 11.4 Å². The number of sulfonamides is 1. The van der Waals surface area contributed by atoms with Crippen LogP contribution in [0.15, 0.2) is 10.3 Å². The first kappa shape index (κ1) is 16.4. The summed E-state index contributed by atoms with van der Waals surface area (Å²) in [7, 11) is -0.429. The van der Waals surface area contributed by atoms with E-state index < -0.39 is 16.0 Å². The number of methoxy groups -OCH3 is 1. The molecule has 1 aromatic heterocycles. The third-order valence-electron chi connectivity index (χ3n) is 3.57. The smallest absolute Gasteiger partial charge is 0.349 e. The number of carbonyl (C=O) groups is 1. The van der Waals surface area contributed by atoms with Crippen LogP contribution in [0.1, 0.15) is 21.7 Å². The molecule has 1 aliphatic rings. The van der Waals surface area contributed by atoms with Gasteiger partial charge in [-0.25, -0.2) is 13.2 Å². The van der Waals surface area contributed by atoms with Crippen molar-refractivity contribution in [1.82, 2.24) is 9.21 Å². The second kappa shape index (κ2) is 6.43. The topological polar surface area (TPSA) is 66.9 Å². The van der Waals surface area contributed by atoms with Crippen LogP contribution in [-0.4, -0.2) is 63.9 Å². The molecule has 0 saturated carbocycles. The fourth-order valence-electron chi connectivity index (χ4n) is 2.38. The standard InChI is InChI=1S/C13H20N2O4S2/c1-10-9-20-11(13(16)19-3)12(10)21(17,18)15-6-4-5-14(2)7-8-15/h9H,4-8H2,1-3H3. The Morgan fingerprint density at radius 2 is 2.00 bits per heavy atom. The van der Waals surface area contributed by atoms with Gasteiger partial charge in [0.15, 0.2) is 0 Å². The van der Waals surface area contributed by atoms with Crippen molar-refractivity contribution in [3.8, 4) is 0 Å². The molecule has 2 heterocycles. The van der Waals surface area contributed by atoms with Crippen LogP contribution in [0.2, 0.25) is 0 Å². The first-order valence-electron chi connectivity index (χ1n) is 6.73. The molecule has 0 spiro atoms. The fraction of sp³-hybridized carbons (Fsp3) is 0.615. The molecule has 1 aromatic rings. The maximum absolute atomic E-state index is 12.9. The summed E-state index contributed by atoms with van der Waals surface area (Å²) in [5.74, 6) is -0.599. The van der Waals surface area contributed by atoms with Gasteiger partial charge in [0.05, 0.1) is 7.11 Å². The number of rotatable bonds is 3. The van der Waals surface area contributed by atoms with Gasteiger partial charge in [0.2, 0.25) is 10.0 Å². The largest absolute Gasteiger partial charge is 0.465 e. The number of hydrogen-bond acceptors (Lipinski definition) is 6. The summed E-state index contributed by atoms with van der Waals surface area (Å²) in [6.07, 6.45) is 0.784. The van der Waals surface area contributed by atoms with Gasteiger partial charge in [0.1, 0.15) is 9.77 Å². The van der Waals surface area contributed by atoms with Crippen LogP contribution in [0.5, 0.6) is 0 Å². The van der Waals surface area contributed by atoms with E-state index in [4.69, 9.17) is 4.74 Å². The van der Waals surface area contributed by atoms with E-state index in [1.54, 1.807) is 12.3 Å². The van der Waals surface area contributed by atoms with Crippen molar-refractivity contribution in [3.05, 3.63) is 15.8 Å². The molecule has 0 aromatic carbocycles. The lowest BCUT2D eigenvalue weighted by atomic mass is 10.3. The van der Waals surface area contributed by atoms with Crippen LogP contribution < -0.4 is 0 Å². The van der Waals surface area contributed by atoms with Gasteiger partial charge in [-0.1, -0.05) is 0 Å². The number of thiophene rings is 1. The molecule has 1 fully saturated rings. The van der Waals surface area contributed by atoms with E-state index >= 15 is 0 Å². The van der Waals surface area contributed by atoms with Crippen LogP contribution in [0, 0.1) is 6.92 Å². The first-order chi connectivity index (χ1) is 9.87. The van der Waals surface area contributed by atoms with Crippen molar-refractivity contribution < 1.29 is 17.9 Å². The molecule has 6 nitrogen and oxygen atoms in total. The normalized spacial score (nSPS) is 18.4. The predicted octanol–water partition coefficient (Wildman–Crippen LogP) is 1.17. The lowest BCUT2D eigenvalue weighted by Crippen LogP contribution is -2.35. The second-order valence-corrected chi connectivity index (χ2v) is 7.88. The zero-order valence-corrected chi connectivity index (χ0v) is 14.1. The third-order valence-corrected chi connectivity index (χ3v) is 6.86. The highest BCUT2D eigenvalue weighted by atomic mass is 32.2. The van der Waals surface area contributed by atoms with Crippen molar-refractivity contribution in [2.45, 2.75) is 18.2 Å². The molecular weight excluding hydrogens is 312 g/mol. The van der Waals surface area contributed by atoms with Gasteiger partial charge >= 0.3 is 5.97 Å². The lowest BCUT2D eigenvalue weighted by Gasteiger charge is -2.20. The number of carbonyl (C=O) groups excluding carboxylic acids is 1. The number of hydrogen-bond donors (Lipinski definition) is 0. The molecule has 0 amide bonds. The van der Waals surface area contributed by atoms with Gasteiger partial charge in [-0.2, -0.15) is 4.31 Å². The van der Waals surface area contributed by atoms with Gasteiger partial charge in [0.25, 0.3) is 0 Å². The van der Waals surface area contributed by atoms with Gasteiger partial charge in [-0.3, -0.25) is 0 Å². The molecule has 1 saturated heterocycles. The highest BCUT2D eigenvalue weighted by Crippen LogP contribution is 2.30. The monoisotopic (exact) mass is 332 g/mol. The summed E-state index contributed by atoms with van der Waals surface area (Å²) in [5, 5.41) is 1.68. The lowest BCUT2D eigenvalue weighted by molar-refractivity contribution is 0.0602. The van der Waals surface area contributed by atoms with Crippen LogP contribution in [0.3, 0.4) is 0 Å². The zero-order valence-electron chi connectivity index (χ0n) is 12.5. The van der Waals surface area contributed by atoms with Crippen molar-refractivity contribution >= 4 is 27.3 Å². The zero-order chi connectivity index (χ0) is 15.6. The highest BCUT2D eigenvalue weighted by molar-refractivity contribution is 7.89. The Bertz CT molecular complexity index is 624. The summed E-state index contributed by atoms with van der Waals surface area (Å²) in [6, 6.07) is 0. The molecule has 0 unspecified atom stereocenters. The summed E-state index contributed by atoms with van der Waals surface area (Å²) in [5.41, 5.74) is 0.595. The molecule has 0 radical (unpaired) electrons. The predicted molar refractivity (Wildman–Crippen MR) is 81.3 cm³/mol. The summed E-state index contributed by atoms with van der Waals surface area (Å²) in [6.45, 7) is 4.19. The summed E-state index contributed by atoms with van der Waals surface area (Å²) < 4.78 is 31.9. The van der Waals surface area contributed by atoms with E-state index in [0.717, 1.165) is 24.3 Å². The highest BCUT2D eigenvalue weighted by Gasteiger charge is 2.33. The molecule has 0 bridgehead atoms. The van der Waals surface area contributed by atoms with Crippen LogP contribution >= 0.6 is 11.3 Å². The molecule has 0 atom stereocenters. The molecule has 1 aliphatic heterocycles. The minimum Gasteiger partial charge on any atom is -0.465 e. The quantitative estimate of drug-likeness (QED) is 0.777. The Morgan fingerprint density at radius 1 is 1.29 bits per heavy atom. The number of ether oxygens (including phenoxy) is 1. The Kier molecular flexibility index (Phi) is 5.03. The molecule has 21 heavy (non-hydrogen) atoms. The Labute approximate surface area is 129 Å². The van der Waals surface area contributed by atoms with Crippen LogP contribution in [-0.2, 0) is 14.8 Å². The van der Waals surface area contributed by atoms with Crippen LogP contribution in [0.25, 0.3) is 0 Å². The number of aryl methyl sites for hydroxylation is 1. The average molecular weight is 332 g/mol. The van der Waals surface area contributed by atoms with E-state index in [1.807, 2.05) is 7.05 Å². The molecule has 0 N–H and O–H groups in total. The minimum absolute atomic E-state index is 0.101.